The summed E-state index contributed by atoms with van der Waals surface area (Å²) in [5.74, 6) is 3.24. The quantitative estimate of drug-likeness (QED) is 0.869. The molecule has 1 saturated heterocycles. The molecule has 1 aliphatic rings. The Morgan fingerprint density at radius 2 is 2.16 bits per heavy atom. The number of benzene rings is 1. The van der Waals surface area contributed by atoms with E-state index in [2.05, 4.69) is 34.5 Å². The number of nitrogens with one attached hydrogen (secondary N) is 1. The van der Waals surface area contributed by atoms with E-state index in [0.717, 1.165) is 30.6 Å². The molecule has 1 aromatic carbocycles. The molecule has 0 aliphatic carbocycles. The molecule has 2 aromatic rings. The Morgan fingerprint density at radius 1 is 1.32 bits per heavy atom. The molecule has 3 rings (SSSR count). The van der Waals surface area contributed by atoms with Gasteiger partial charge in [-0.15, -0.1) is 11.8 Å². The zero-order valence-corrected chi connectivity index (χ0v) is 11.7. The van der Waals surface area contributed by atoms with Crippen LogP contribution in [0.2, 0.25) is 0 Å². The second-order valence-corrected chi connectivity index (χ2v) is 5.94. The van der Waals surface area contributed by atoms with Crippen LogP contribution in [0.1, 0.15) is 24.6 Å². The topological polar surface area (TPSA) is 51.0 Å². The van der Waals surface area contributed by atoms with Crippen LogP contribution in [0.4, 0.5) is 0 Å². The molecule has 1 aromatic heterocycles. The van der Waals surface area contributed by atoms with Crippen LogP contribution >= 0.6 is 11.8 Å². The van der Waals surface area contributed by atoms with Gasteiger partial charge in [0.25, 0.3) is 0 Å². The van der Waals surface area contributed by atoms with Crippen molar-refractivity contribution in [2.45, 2.75) is 23.5 Å². The Bertz CT molecular complexity index is 528. The first-order valence-electron chi connectivity index (χ1n) is 6.54. The zero-order valence-electron chi connectivity index (χ0n) is 10.9. The normalized spacial score (nSPS) is 22.8. The number of hydrogen-bond acceptors (Lipinski definition) is 5. The molecule has 0 radical (unpaired) electrons. The predicted molar refractivity (Wildman–Crippen MR) is 75.1 cm³/mol. The van der Waals surface area contributed by atoms with E-state index in [0.29, 0.717) is 11.8 Å². The van der Waals surface area contributed by atoms with E-state index in [1.165, 1.54) is 4.90 Å². The van der Waals surface area contributed by atoms with Crippen molar-refractivity contribution in [3.8, 4) is 0 Å². The van der Waals surface area contributed by atoms with Crippen LogP contribution in [0.5, 0.6) is 0 Å². The molecule has 1 N–H and O–H groups in total. The smallest absolute Gasteiger partial charge is 0.231 e. The molecular formula is C14H17N3OS. The van der Waals surface area contributed by atoms with Crippen molar-refractivity contribution in [1.82, 2.24) is 15.5 Å². The van der Waals surface area contributed by atoms with E-state index in [1.807, 2.05) is 18.2 Å². The first-order chi connectivity index (χ1) is 9.33. The summed E-state index contributed by atoms with van der Waals surface area (Å²) in [5, 5.41) is 7.43. The summed E-state index contributed by atoms with van der Waals surface area (Å²) in [6, 6.07) is 10.3. The van der Waals surface area contributed by atoms with E-state index in [9.17, 15) is 0 Å². The van der Waals surface area contributed by atoms with Gasteiger partial charge in [-0.05, 0) is 24.6 Å². The molecule has 4 nitrogen and oxygen atoms in total. The van der Waals surface area contributed by atoms with Crippen LogP contribution in [0.25, 0.3) is 0 Å². The third-order valence-electron chi connectivity index (χ3n) is 3.43. The number of hydrogen-bond donors (Lipinski definition) is 1. The molecule has 0 amide bonds. The van der Waals surface area contributed by atoms with E-state index in [4.69, 9.17) is 4.52 Å². The Morgan fingerprint density at radius 3 is 2.89 bits per heavy atom. The molecular weight excluding hydrogens is 258 g/mol. The summed E-state index contributed by atoms with van der Waals surface area (Å²) in [5.41, 5.74) is 0. The standard InChI is InChI=1S/C14H17N3OS/c1-10-7-15-8-12(10)14-16-13(17-18-14)9-19-11-5-3-2-4-6-11/h2-6,10,12,15H,7-9H2,1H3/t10-,12-/m1/s1. The van der Waals surface area contributed by atoms with E-state index in [1.54, 1.807) is 11.8 Å². The van der Waals surface area contributed by atoms with Gasteiger partial charge in [0.15, 0.2) is 5.82 Å². The fraction of sp³-hybridized carbons (Fsp3) is 0.429. The van der Waals surface area contributed by atoms with Gasteiger partial charge in [-0.3, -0.25) is 0 Å². The molecule has 1 fully saturated rings. The van der Waals surface area contributed by atoms with Gasteiger partial charge in [0.1, 0.15) is 0 Å². The van der Waals surface area contributed by atoms with E-state index < -0.39 is 0 Å². The summed E-state index contributed by atoms with van der Waals surface area (Å²) in [7, 11) is 0. The highest BCUT2D eigenvalue weighted by atomic mass is 32.2. The Kier molecular flexibility index (Phi) is 3.84. The van der Waals surface area contributed by atoms with Crippen LogP contribution in [0.3, 0.4) is 0 Å². The lowest BCUT2D eigenvalue weighted by Crippen LogP contribution is -2.08. The Hall–Kier alpha value is -1.33. The zero-order chi connectivity index (χ0) is 13.1. The van der Waals surface area contributed by atoms with Gasteiger partial charge in [-0.25, -0.2) is 0 Å². The van der Waals surface area contributed by atoms with Crippen molar-refractivity contribution in [1.29, 1.82) is 0 Å². The maximum Gasteiger partial charge on any atom is 0.231 e. The highest BCUT2D eigenvalue weighted by molar-refractivity contribution is 7.98. The first-order valence-corrected chi connectivity index (χ1v) is 7.52. The lowest BCUT2D eigenvalue weighted by molar-refractivity contribution is 0.337. The van der Waals surface area contributed by atoms with Crippen molar-refractivity contribution >= 4 is 11.8 Å². The number of nitrogens with zero attached hydrogens (tertiary/aromatic N) is 2. The summed E-state index contributed by atoms with van der Waals surface area (Å²) >= 11 is 1.73. The Balaban J connectivity index is 1.62. The Labute approximate surface area is 117 Å². The molecule has 100 valence electrons. The van der Waals surface area contributed by atoms with Crippen molar-refractivity contribution in [3.05, 3.63) is 42.0 Å². The highest BCUT2D eigenvalue weighted by Crippen LogP contribution is 2.27. The maximum absolute atomic E-state index is 5.39. The lowest BCUT2D eigenvalue weighted by atomic mass is 9.98. The van der Waals surface area contributed by atoms with Crippen molar-refractivity contribution in [3.63, 3.8) is 0 Å². The summed E-state index contributed by atoms with van der Waals surface area (Å²) in [6.07, 6.45) is 0. The molecule has 0 saturated carbocycles. The summed E-state index contributed by atoms with van der Waals surface area (Å²) in [6.45, 7) is 4.18. The van der Waals surface area contributed by atoms with Gasteiger partial charge in [-0.2, -0.15) is 4.98 Å². The molecule has 2 heterocycles. The summed E-state index contributed by atoms with van der Waals surface area (Å²) in [4.78, 5) is 5.75. The largest absolute Gasteiger partial charge is 0.339 e. The maximum atomic E-state index is 5.39. The second kappa shape index (κ2) is 5.75. The minimum Gasteiger partial charge on any atom is -0.339 e. The minimum absolute atomic E-state index is 0.364. The SMILES string of the molecule is C[C@@H]1CNC[C@H]1c1nc(CSc2ccccc2)no1. The lowest BCUT2D eigenvalue weighted by Gasteiger charge is -2.07. The average molecular weight is 275 g/mol. The third-order valence-corrected chi connectivity index (χ3v) is 4.44. The van der Waals surface area contributed by atoms with Gasteiger partial charge in [0.2, 0.25) is 5.89 Å². The fourth-order valence-corrected chi connectivity index (χ4v) is 3.04. The fourth-order valence-electron chi connectivity index (χ4n) is 2.28. The number of thioether (sulfide) groups is 1. The molecule has 2 atom stereocenters. The van der Waals surface area contributed by atoms with Crippen LogP contribution in [-0.2, 0) is 5.75 Å². The number of rotatable bonds is 4. The average Bonchev–Trinajstić information content (AvgIpc) is 3.06. The van der Waals surface area contributed by atoms with Gasteiger partial charge in [-0.1, -0.05) is 30.3 Å². The third kappa shape index (κ3) is 2.98. The number of aromatic nitrogens is 2. The second-order valence-electron chi connectivity index (χ2n) is 4.89. The van der Waals surface area contributed by atoms with Crippen LogP contribution in [-0.4, -0.2) is 23.2 Å². The molecule has 5 heteroatoms. The van der Waals surface area contributed by atoms with Gasteiger partial charge in [0, 0.05) is 11.4 Å². The molecule has 19 heavy (non-hydrogen) atoms. The predicted octanol–water partition coefficient (Wildman–Crippen LogP) is 2.68. The monoisotopic (exact) mass is 275 g/mol. The van der Waals surface area contributed by atoms with Crippen LogP contribution in [0, 0.1) is 5.92 Å². The van der Waals surface area contributed by atoms with Crippen molar-refractivity contribution in [2.24, 2.45) is 5.92 Å². The molecule has 0 bridgehead atoms. The molecule has 1 aliphatic heterocycles. The van der Waals surface area contributed by atoms with Crippen LogP contribution < -0.4 is 5.32 Å². The molecule has 0 spiro atoms. The van der Waals surface area contributed by atoms with Gasteiger partial charge < -0.3 is 9.84 Å². The van der Waals surface area contributed by atoms with E-state index in [-0.39, 0.29) is 0 Å². The highest BCUT2D eigenvalue weighted by Gasteiger charge is 2.29. The van der Waals surface area contributed by atoms with Gasteiger partial charge in [0.05, 0.1) is 11.7 Å². The first kappa shape index (κ1) is 12.7. The summed E-state index contributed by atoms with van der Waals surface area (Å²) < 4.78 is 5.39. The van der Waals surface area contributed by atoms with Crippen molar-refractivity contribution < 1.29 is 4.52 Å². The van der Waals surface area contributed by atoms with Crippen LogP contribution in [0.15, 0.2) is 39.8 Å². The minimum atomic E-state index is 0.364. The van der Waals surface area contributed by atoms with E-state index >= 15 is 0 Å². The molecule has 0 unspecified atom stereocenters. The van der Waals surface area contributed by atoms with Crippen molar-refractivity contribution in [2.75, 3.05) is 13.1 Å². The van der Waals surface area contributed by atoms with Gasteiger partial charge >= 0.3 is 0 Å².